The highest BCUT2D eigenvalue weighted by atomic mass is 16.4. The molecule has 0 unspecified atom stereocenters. The standard InChI is InChI=1S/C21H28N4O4/c1-12(2)18(21(28)29)25-20(27)17(24-19(26)16-8-5-9-22-16)10-13-11-23-15-7-4-3-6-14(13)15/h3-4,6-7,11-12,16-18,22-23H,5,8-10H2,1-2H3,(H,24,26)(H,25,27)(H,28,29)/t16-,17-,18-/m1/s1. The second kappa shape index (κ2) is 9.09. The van der Waals surface area contributed by atoms with Crippen molar-refractivity contribution in [2.45, 2.75) is 51.2 Å². The number of benzene rings is 1. The van der Waals surface area contributed by atoms with Crippen molar-refractivity contribution in [3.8, 4) is 0 Å². The molecule has 29 heavy (non-hydrogen) atoms. The molecular weight excluding hydrogens is 372 g/mol. The minimum Gasteiger partial charge on any atom is -0.480 e. The van der Waals surface area contributed by atoms with Crippen molar-refractivity contribution < 1.29 is 19.5 Å². The van der Waals surface area contributed by atoms with E-state index in [-0.39, 0.29) is 24.3 Å². The topological polar surface area (TPSA) is 123 Å². The fourth-order valence-electron chi connectivity index (χ4n) is 3.68. The van der Waals surface area contributed by atoms with Crippen LogP contribution < -0.4 is 16.0 Å². The molecule has 2 aromatic rings. The van der Waals surface area contributed by atoms with Crippen LogP contribution in [-0.4, -0.2) is 52.5 Å². The van der Waals surface area contributed by atoms with E-state index in [1.807, 2.05) is 30.5 Å². The van der Waals surface area contributed by atoms with Gasteiger partial charge in [0.15, 0.2) is 0 Å². The maximum absolute atomic E-state index is 13.0. The molecule has 1 aliphatic rings. The van der Waals surface area contributed by atoms with E-state index in [0.29, 0.717) is 0 Å². The van der Waals surface area contributed by atoms with Gasteiger partial charge in [0.2, 0.25) is 11.8 Å². The summed E-state index contributed by atoms with van der Waals surface area (Å²) in [5.41, 5.74) is 1.83. The van der Waals surface area contributed by atoms with Crippen LogP contribution in [-0.2, 0) is 20.8 Å². The van der Waals surface area contributed by atoms with E-state index < -0.39 is 24.0 Å². The highest BCUT2D eigenvalue weighted by molar-refractivity contribution is 5.93. The first-order valence-corrected chi connectivity index (χ1v) is 9.98. The number of carbonyl (C=O) groups excluding carboxylic acids is 2. The van der Waals surface area contributed by atoms with Gasteiger partial charge in [-0.1, -0.05) is 32.0 Å². The lowest BCUT2D eigenvalue weighted by molar-refractivity contribution is -0.143. The van der Waals surface area contributed by atoms with Crippen LogP contribution in [0.5, 0.6) is 0 Å². The number of amides is 2. The summed E-state index contributed by atoms with van der Waals surface area (Å²) in [6, 6.07) is 5.50. The van der Waals surface area contributed by atoms with Crippen LogP contribution in [0.3, 0.4) is 0 Å². The first kappa shape index (κ1) is 20.9. The monoisotopic (exact) mass is 400 g/mol. The molecule has 1 aliphatic heterocycles. The van der Waals surface area contributed by atoms with Gasteiger partial charge in [-0.05, 0) is 36.9 Å². The Hall–Kier alpha value is -2.87. The molecule has 5 N–H and O–H groups in total. The normalized spacial score (nSPS) is 18.5. The third-order valence-corrected chi connectivity index (χ3v) is 5.34. The zero-order chi connectivity index (χ0) is 21.0. The average Bonchev–Trinajstić information content (AvgIpc) is 3.35. The van der Waals surface area contributed by atoms with Crippen LogP contribution in [0.4, 0.5) is 0 Å². The van der Waals surface area contributed by atoms with Gasteiger partial charge in [0.25, 0.3) is 0 Å². The SMILES string of the molecule is CC(C)[C@@H](NC(=O)[C@@H](Cc1c[nH]c2ccccc12)NC(=O)[C@H]1CCCN1)C(=O)O. The molecule has 156 valence electrons. The van der Waals surface area contributed by atoms with E-state index in [1.54, 1.807) is 13.8 Å². The summed E-state index contributed by atoms with van der Waals surface area (Å²) in [4.78, 5) is 40.3. The third-order valence-electron chi connectivity index (χ3n) is 5.34. The number of carbonyl (C=O) groups is 3. The zero-order valence-corrected chi connectivity index (χ0v) is 16.7. The molecule has 1 fully saturated rings. The number of aliphatic carboxylic acids is 1. The predicted molar refractivity (Wildman–Crippen MR) is 109 cm³/mol. The molecule has 3 rings (SSSR count). The average molecular weight is 400 g/mol. The number of H-pyrrole nitrogens is 1. The minimum absolute atomic E-state index is 0.237. The van der Waals surface area contributed by atoms with Gasteiger partial charge < -0.3 is 26.0 Å². The fraction of sp³-hybridized carbons (Fsp3) is 0.476. The van der Waals surface area contributed by atoms with Gasteiger partial charge in [0, 0.05) is 23.5 Å². The Labute approximate surface area is 169 Å². The number of carboxylic acids is 1. The Morgan fingerprint density at radius 3 is 2.62 bits per heavy atom. The summed E-state index contributed by atoms with van der Waals surface area (Å²) >= 11 is 0. The number of aromatic nitrogens is 1. The lowest BCUT2D eigenvalue weighted by atomic mass is 10.0. The largest absolute Gasteiger partial charge is 0.480 e. The Kier molecular flexibility index (Phi) is 6.53. The maximum Gasteiger partial charge on any atom is 0.326 e. The first-order chi connectivity index (χ1) is 13.9. The van der Waals surface area contributed by atoms with Crippen molar-refractivity contribution in [3.05, 3.63) is 36.0 Å². The molecule has 0 bridgehead atoms. The Balaban J connectivity index is 1.81. The second-order valence-corrected chi connectivity index (χ2v) is 7.84. The van der Waals surface area contributed by atoms with Crippen LogP contribution >= 0.6 is 0 Å². The number of para-hydroxylation sites is 1. The number of rotatable bonds is 8. The number of fused-ring (bicyclic) bond motifs is 1. The molecule has 0 saturated carbocycles. The lowest BCUT2D eigenvalue weighted by Gasteiger charge is -2.24. The summed E-state index contributed by atoms with van der Waals surface area (Å²) in [5, 5.41) is 18.9. The highest BCUT2D eigenvalue weighted by Gasteiger charge is 2.31. The first-order valence-electron chi connectivity index (χ1n) is 9.98. The molecule has 0 aliphatic carbocycles. The van der Waals surface area contributed by atoms with Crippen molar-refractivity contribution in [1.82, 2.24) is 20.9 Å². The molecule has 2 heterocycles. The number of hydrogen-bond acceptors (Lipinski definition) is 4. The predicted octanol–water partition coefficient (Wildman–Crippen LogP) is 1.17. The molecule has 0 spiro atoms. The molecule has 2 amide bonds. The number of nitrogens with one attached hydrogen (secondary N) is 4. The molecule has 8 heteroatoms. The molecule has 3 atom stereocenters. The summed E-state index contributed by atoms with van der Waals surface area (Å²) in [6.45, 7) is 4.23. The summed E-state index contributed by atoms with van der Waals surface area (Å²) in [7, 11) is 0. The summed E-state index contributed by atoms with van der Waals surface area (Å²) in [5.74, 6) is -2.11. The van der Waals surface area contributed by atoms with Gasteiger partial charge >= 0.3 is 5.97 Å². The van der Waals surface area contributed by atoms with Crippen molar-refractivity contribution in [1.29, 1.82) is 0 Å². The van der Waals surface area contributed by atoms with Gasteiger partial charge in [-0.3, -0.25) is 9.59 Å². The van der Waals surface area contributed by atoms with Crippen LogP contribution in [0.1, 0.15) is 32.3 Å². The van der Waals surface area contributed by atoms with E-state index in [2.05, 4.69) is 20.9 Å². The van der Waals surface area contributed by atoms with Crippen LogP contribution in [0.2, 0.25) is 0 Å². The Morgan fingerprint density at radius 2 is 1.97 bits per heavy atom. The van der Waals surface area contributed by atoms with Gasteiger partial charge in [-0.15, -0.1) is 0 Å². The fourth-order valence-corrected chi connectivity index (χ4v) is 3.68. The number of hydrogen-bond donors (Lipinski definition) is 5. The molecule has 1 aromatic carbocycles. The smallest absolute Gasteiger partial charge is 0.326 e. The van der Waals surface area contributed by atoms with Crippen molar-refractivity contribution in [2.24, 2.45) is 5.92 Å². The van der Waals surface area contributed by atoms with Gasteiger partial charge in [0.05, 0.1) is 6.04 Å². The summed E-state index contributed by atoms with van der Waals surface area (Å²) in [6.07, 6.45) is 3.71. The zero-order valence-electron chi connectivity index (χ0n) is 16.7. The van der Waals surface area contributed by atoms with Crippen LogP contribution in [0, 0.1) is 5.92 Å². The van der Waals surface area contributed by atoms with Crippen molar-refractivity contribution in [2.75, 3.05) is 6.54 Å². The van der Waals surface area contributed by atoms with Crippen molar-refractivity contribution in [3.63, 3.8) is 0 Å². The van der Waals surface area contributed by atoms with Crippen LogP contribution in [0.25, 0.3) is 10.9 Å². The van der Waals surface area contributed by atoms with Crippen LogP contribution in [0.15, 0.2) is 30.5 Å². The van der Waals surface area contributed by atoms with Gasteiger partial charge in [-0.25, -0.2) is 4.79 Å². The molecule has 1 saturated heterocycles. The quantitative estimate of drug-likeness (QED) is 0.455. The van der Waals surface area contributed by atoms with Crippen molar-refractivity contribution >= 4 is 28.7 Å². The lowest BCUT2D eigenvalue weighted by Crippen LogP contribution is -2.56. The van der Waals surface area contributed by atoms with E-state index in [1.165, 1.54) is 0 Å². The Morgan fingerprint density at radius 1 is 1.21 bits per heavy atom. The highest BCUT2D eigenvalue weighted by Crippen LogP contribution is 2.19. The molecule has 1 aromatic heterocycles. The molecule has 0 radical (unpaired) electrons. The van der Waals surface area contributed by atoms with E-state index in [9.17, 15) is 19.5 Å². The summed E-state index contributed by atoms with van der Waals surface area (Å²) < 4.78 is 0. The van der Waals surface area contributed by atoms with Gasteiger partial charge in [-0.2, -0.15) is 0 Å². The molecular formula is C21H28N4O4. The van der Waals surface area contributed by atoms with E-state index in [4.69, 9.17) is 0 Å². The number of aromatic amines is 1. The van der Waals surface area contributed by atoms with Gasteiger partial charge in [0.1, 0.15) is 12.1 Å². The third kappa shape index (κ3) is 4.95. The van der Waals surface area contributed by atoms with E-state index >= 15 is 0 Å². The minimum atomic E-state index is -1.09. The number of carboxylic acid groups (broad SMARTS) is 1. The van der Waals surface area contributed by atoms with E-state index in [0.717, 1.165) is 35.9 Å². The Bertz CT molecular complexity index is 886. The molecule has 8 nitrogen and oxygen atoms in total. The second-order valence-electron chi connectivity index (χ2n) is 7.84. The maximum atomic E-state index is 13.0.